The summed E-state index contributed by atoms with van der Waals surface area (Å²) in [6.45, 7) is 4.22. The van der Waals surface area contributed by atoms with E-state index in [0.29, 0.717) is 24.5 Å². The molecule has 0 aliphatic rings. The van der Waals surface area contributed by atoms with E-state index in [2.05, 4.69) is 5.32 Å². The van der Waals surface area contributed by atoms with E-state index in [1.165, 1.54) is 6.07 Å². The largest absolute Gasteiger partial charge is 0.494 e. The summed E-state index contributed by atoms with van der Waals surface area (Å²) >= 11 is 0. The van der Waals surface area contributed by atoms with Crippen LogP contribution in [0.1, 0.15) is 40.5 Å². The molecule has 0 bridgehead atoms. The van der Waals surface area contributed by atoms with E-state index in [4.69, 9.17) is 14.3 Å². The number of hydrogen-bond acceptors (Lipinski definition) is 4. The van der Waals surface area contributed by atoms with Gasteiger partial charge in [-0.2, -0.15) is 0 Å². The van der Waals surface area contributed by atoms with Crippen LogP contribution in [0.3, 0.4) is 0 Å². The van der Waals surface area contributed by atoms with Crippen LogP contribution < -0.4 is 10.1 Å². The van der Waals surface area contributed by atoms with Crippen LogP contribution in [0.5, 0.6) is 5.75 Å². The number of hydrogen-bond donors (Lipinski definition) is 2. The minimum Gasteiger partial charge on any atom is -0.494 e. The van der Waals surface area contributed by atoms with Gasteiger partial charge in [0, 0.05) is 18.2 Å². The molecule has 2 aromatic rings. The Hall–Kier alpha value is -2.76. The van der Waals surface area contributed by atoms with Gasteiger partial charge in [0.2, 0.25) is 0 Å². The smallest absolute Gasteiger partial charge is 0.339 e. The first kappa shape index (κ1) is 15.6. The maximum atomic E-state index is 12.1. The first-order chi connectivity index (χ1) is 10.5. The monoisotopic (exact) mass is 303 g/mol. The molecule has 0 saturated carbocycles. The van der Waals surface area contributed by atoms with Gasteiger partial charge in [-0.3, -0.25) is 4.79 Å². The number of amides is 1. The molecule has 0 radical (unpaired) electrons. The number of anilines is 1. The van der Waals surface area contributed by atoms with Gasteiger partial charge in [-0.05, 0) is 31.2 Å². The molecule has 0 spiro atoms. The van der Waals surface area contributed by atoms with E-state index >= 15 is 0 Å². The van der Waals surface area contributed by atoms with Crippen LogP contribution in [0, 0.1) is 0 Å². The first-order valence-corrected chi connectivity index (χ1v) is 6.95. The lowest BCUT2D eigenvalue weighted by Gasteiger charge is -2.05. The van der Waals surface area contributed by atoms with E-state index in [1.807, 2.05) is 6.92 Å². The molecule has 2 rings (SSSR count). The number of benzene rings is 1. The first-order valence-electron chi connectivity index (χ1n) is 6.95. The van der Waals surface area contributed by atoms with Crippen molar-refractivity contribution in [1.82, 2.24) is 0 Å². The van der Waals surface area contributed by atoms with Gasteiger partial charge in [0.15, 0.2) is 5.76 Å². The number of aromatic carboxylic acids is 1. The van der Waals surface area contributed by atoms with Gasteiger partial charge >= 0.3 is 5.97 Å². The molecule has 116 valence electrons. The van der Waals surface area contributed by atoms with Gasteiger partial charge in [-0.25, -0.2) is 4.79 Å². The molecular weight excluding hydrogens is 286 g/mol. The molecule has 2 N–H and O–H groups in total. The molecule has 6 heteroatoms. The van der Waals surface area contributed by atoms with Crippen molar-refractivity contribution in [3.8, 4) is 5.75 Å². The summed E-state index contributed by atoms with van der Waals surface area (Å²) in [5, 5.41) is 11.7. The molecule has 0 atom stereocenters. The predicted molar refractivity (Wildman–Crippen MR) is 80.6 cm³/mol. The number of carbonyl (C=O) groups is 2. The van der Waals surface area contributed by atoms with Gasteiger partial charge < -0.3 is 19.6 Å². The molecule has 0 fully saturated rings. The average molecular weight is 303 g/mol. The highest BCUT2D eigenvalue weighted by Crippen LogP contribution is 2.19. The van der Waals surface area contributed by atoms with Crippen LogP contribution in [-0.4, -0.2) is 23.6 Å². The second-order valence-corrected chi connectivity index (χ2v) is 4.52. The SMILES string of the molecule is CCOc1ccc(NC(=O)c2cc(C(=O)O)c(CC)o2)cc1. The fourth-order valence-corrected chi connectivity index (χ4v) is 1.98. The maximum Gasteiger partial charge on any atom is 0.339 e. The molecule has 1 heterocycles. The highest BCUT2D eigenvalue weighted by molar-refractivity contribution is 6.04. The third kappa shape index (κ3) is 3.46. The van der Waals surface area contributed by atoms with Crippen molar-refractivity contribution >= 4 is 17.6 Å². The Morgan fingerprint density at radius 2 is 1.91 bits per heavy atom. The zero-order valence-corrected chi connectivity index (χ0v) is 12.4. The summed E-state index contributed by atoms with van der Waals surface area (Å²) in [4.78, 5) is 23.2. The van der Waals surface area contributed by atoms with E-state index in [9.17, 15) is 9.59 Å². The molecule has 1 aromatic heterocycles. The summed E-state index contributed by atoms with van der Waals surface area (Å²) in [6, 6.07) is 8.11. The Kier molecular flexibility index (Phi) is 4.83. The number of ether oxygens (including phenoxy) is 1. The summed E-state index contributed by atoms with van der Waals surface area (Å²) < 4.78 is 10.6. The normalized spacial score (nSPS) is 10.3. The quantitative estimate of drug-likeness (QED) is 0.855. The van der Waals surface area contributed by atoms with Crippen molar-refractivity contribution in [2.75, 3.05) is 11.9 Å². The van der Waals surface area contributed by atoms with Crippen molar-refractivity contribution in [3.05, 3.63) is 47.4 Å². The van der Waals surface area contributed by atoms with Crippen molar-refractivity contribution in [1.29, 1.82) is 0 Å². The highest BCUT2D eigenvalue weighted by atomic mass is 16.5. The van der Waals surface area contributed by atoms with Crippen LogP contribution in [0.25, 0.3) is 0 Å². The predicted octanol–water partition coefficient (Wildman–Crippen LogP) is 3.19. The zero-order valence-electron chi connectivity index (χ0n) is 12.4. The summed E-state index contributed by atoms with van der Waals surface area (Å²) in [5.41, 5.74) is 0.583. The van der Waals surface area contributed by atoms with Crippen LogP contribution >= 0.6 is 0 Å². The van der Waals surface area contributed by atoms with Crippen LogP contribution in [0.4, 0.5) is 5.69 Å². The molecule has 6 nitrogen and oxygen atoms in total. The van der Waals surface area contributed by atoms with Crippen LogP contribution in [0.2, 0.25) is 0 Å². The number of aryl methyl sites for hydroxylation is 1. The molecular formula is C16H17NO5. The molecule has 0 aliphatic carbocycles. The van der Waals surface area contributed by atoms with E-state index in [-0.39, 0.29) is 17.1 Å². The molecule has 0 aliphatic heterocycles. The van der Waals surface area contributed by atoms with E-state index in [1.54, 1.807) is 31.2 Å². The van der Waals surface area contributed by atoms with Crippen molar-refractivity contribution < 1.29 is 23.8 Å². The summed E-state index contributed by atoms with van der Waals surface area (Å²) in [5.74, 6) is -0.639. The standard InChI is InChI=1S/C16H17NO5/c1-3-13-12(16(19)20)9-14(22-13)15(18)17-10-5-7-11(8-6-10)21-4-2/h5-9H,3-4H2,1-2H3,(H,17,18)(H,19,20). The average Bonchev–Trinajstić information content (AvgIpc) is 2.94. The Bertz CT molecular complexity index is 672. The summed E-state index contributed by atoms with van der Waals surface area (Å²) in [6.07, 6.45) is 0.401. The molecule has 1 amide bonds. The Labute approximate surface area is 127 Å². The highest BCUT2D eigenvalue weighted by Gasteiger charge is 2.20. The maximum absolute atomic E-state index is 12.1. The summed E-state index contributed by atoms with van der Waals surface area (Å²) in [7, 11) is 0. The third-order valence-electron chi connectivity index (χ3n) is 3.01. The Balaban J connectivity index is 2.13. The third-order valence-corrected chi connectivity index (χ3v) is 3.01. The number of nitrogens with one attached hydrogen (secondary N) is 1. The molecule has 22 heavy (non-hydrogen) atoms. The number of furan rings is 1. The van der Waals surface area contributed by atoms with Gasteiger partial charge in [-0.15, -0.1) is 0 Å². The second kappa shape index (κ2) is 6.80. The molecule has 1 aromatic carbocycles. The molecule has 0 saturated heterocycles. The lowest BCUT2D eigenvalue weighted by atomic mass is 10.2. The zero-order chi connectivity index (χ0) is 16.1. The number of carbonyl (C=O) groups excluding carboxylic acids is 1. The number of carboxylic acid groups (broad SMARTS) is 1. The number of rotatable bonds is 6. The Morgan fingerprint density at radius 3 is 2.41 bits per heavy atom. The van der Waals surface area contributed by atoms with Crippen molar-refractivity contribution in [2.24, 2.45) is 0 Å². The van der Waals surface area contributed by atoms with E-state index < -0.39 is 11.9 Å². The minimum atomic E-state index is -1.11. The van der Waals surface area contributed by atoms with Gasteiger partial charge in [0.25, 0.3) is 5.91 Å². The van der Waals surface area contributed by atoms with E-state index in [0.717, 1.165) is 0 Å². The number of carboxylic acids is 1. The van der Waals surface area contributed by atoms with Gasteiger partial charge in [0.05, 0.1) is 6.61 Å². The van der Waals surface area contributed by atoms with Crippen LogP contribution in [0.15, 0.2) is 34.7 Å². The van der Waals surface area contributed by atoms with Gasteiger partial charge in [0.1, 0.15) is 17.1 Å². The topological polar surface area (TPSA) is 88.8 Å². The van der Waals surface area contributed by atoms with Gasteiger partial charge in [-0.1, -0.05) is 6.92 Å². The van der Waals surface area contributed by atoms with Crippen molar-refractivity contribution in [2.45, 2.75) is 20.3 Å². The van der Waals surface area contributed by atoms with Crippen molar-refractivity contribution in [3.63, 3.8) is 0 Å². The lowest BCUT2D eigenvalue weighted by molar-refractivity contribution is 0.0694. The molecule has 0 unspecified atom stereocenters. The lowest BCUT2D eigenvalue weighted by Crippen LogP contribution is -2.10. The Morgan fingerprint density at radius 1 is 1.23 bits per heavy atom. The second-order valence-electron chi connectivity index (χ2n) is 4.52. The van der Waals surface area contributed by atoms with Crippen LogP contribution in [-0.2, 0) is 6.42 Å². The minimum absolute atomic E-state index is 0.0133. The fraction of sp³-hybridized carbons (Fsp3) is 0.250. The fourth-order valence-electron chi connectivity index (χ4n) is 1.98.